The largest absolute Gasteiger partial charge is 0.481 e. The van der Waals surface area contributed by atoms with Crippen molar-refractivity contribution >= 4 is 18.0 Å². The van der Waals surface area contributed by atoms with E-state index in [9.17, 15) is 14.4 Å². The van der Waals surface area contributed by atoms with Crippen LogP contribution in [0.1, 0.15) is 57.6 Å². The molecule has 0 aliphatic heterocycles. The number of benzene rings is 2. The minimum Gasteiger partial charge on any atom is -0.481 e. The SMILES string of the molecule is CC(C)C[C@H](CNC(=O)C(C)(C)NC(=O)OCC1c2ccccc2-c2ccccc21)CC(=O)O. The second-order valence-electron chi connectivity index (χ2n) is 9.88. The lowest BCUT2D eigenvalue weighted by atomic mass is 9.93. The number of carbonyl (C=O) groups is 3. The minimum atomic E-state index is -1.21. The smallest absolute Gasteiger partial charge is 0.408 e. The molecule has 0 heterocycles. The van der Waals surface area contributed by atoms with Crippen LogP contribution in [0, 0.1) is 11.8 Å². The zero-order chi connectivity index (χ0) is 24.9. The number of amides is 2. The Morgan fingerprint density at radius 3 is 2.09 bits per heavy atom. The van der Waals surface area contributed by atoms with Crippen molar-refractivity contribution in [2.75, 3.05) is 13.2 Å². The first-order valence-corrected chi connectivity index (χ1v) is 11.7. The summed E-state index contributed by atoms with van der Waals surface area (Å²) in [6.07, 6.45) is -0.00261. The van der Waals surface area contributed by atoms with Crippen LogP contribution in [0.25, 0.3) is 11.1 Å². The number of carbonyl (C=O) groups excluding carboxylic acids is 2. The van der Waals surface area contributed by atoms with Crippen LogP contribution >= 0.6 is 0 Å². The molecule has 1 atom stereocenters. The number of fused-ring (bicyclic) bond motifs is 3. The van der Waals surface area contributed by atoms with Gasteiger partial charge in [0.25, 0.3) is 0 Å². The van der Waals surface area contributed by atoms with Crippen molar-refractivity contribution in [3.63, 3.8) is 0 Å². The van der Waals surface area contributed by atoms with Gasteiger partial charge in [-0.25, -0.2) is 4.79 Å². The Bertz CT molecular complexity index is 1000. The Morgan fingerprint density at radius 1 is 1.00 bits per heavy atom. The summed E-state index contributed by atoms with van der Waals surface area (Å²) in [6.45, 7) is 7.61. The number of carboxylic acid groups (broad SMARTS) is 1. The van der Waals surface area contributed by atoms with E-state index in [0.717, 1.165) is 22.3 Å². The van der Waals surface area contributed by atoms with Gasteiger partial charge >= 0.3 is 12.1 Å². The van der Waals surface area contributed by atoms with Gasteiger partial charge in [-0.05, 0) is 54.4 Å². The van der Waals surface area contributed by atoms with Crippen LogP contribution in [0.4, 0.5) is 4.79 Å². The number of nitrogens with one attached hydrogen (secondary N) is 2. The number of aliphatic carboxylic acids is 1. The molecule has 182 valence electrons. The third-order valence-corrected chi connectivity index (χ3v) is 6.15. The second kappa shape index (κ2) is 10.7. The van der Waals surface area contributed by atoms with E-state index in [0.29, 0.717) is 12.3 Å². The van der Waals surface area contributed by atoms with E-state index in [1.807, 2.05) is 50.2 Å². The van der Waals surface area contributed by atoms with E-state index < -0.39 is 17.6 Å². The zero-order valence-corrected chi connectivity index (χ0v) is 20.3. The Kier molecular flexibility index (Phi) is 7.97. The standard InChI is InChI=1S/C27H34N2O5/c1-17(2)13-18(14-24(30)31)15-28-25(32)27(3,4)29-26(33)34-16-23-21-11-7-5-9-19(21)20-10-6-8-12-22(20)23/h5-12,17-18,23H,13-16H2,1-4H3,(H,28,32)(H,29,33)(H,30,31)/t18-/m0/s1. The fourth-order valence-corrected chi connectivity index (χ4v) is 4.56. The summed E-state index contributed by atoms with van der Waals surface area (Å²) in [5.41, 5.74) is 3.30. The molecule has 0 saturated heterocycles. The molecule has 34 heavy (non-hydrogen) atoms. The number of hydrogen-bond acceptors (Lipinski definition) is 4. The number of alkyl carbamates (subject to hydrolysis) is 1. The van der Waals surface area contributed by atoms with E-state index in [-0.39, 0.29) is 37.3 Å². The fourth-order valence-electron chi connectivity index (χ4n) is 4.56. The molecule has 0 aromatic heterocycles. The van der Waals surface area contributed by atoms with E-state index in [2.05, 4.69) is 22.8 Å². The summed E-state index contributed by atoms with van der Waals surface area (Å²) in [6, 6.07) is 16.2. The minimum absolute atomic E-state index is 0.0152. The van der Waals surface area contributed by atoms with Crippen LogP contribution in [0.5, 0.6) is 0 Å². The summed E-state index contributed by atoms with van der Waals surface area (Å²) in [4.78, 5) is 36.4. The highest BCUT2D eigenvalue weighted by Gasteiger charge is 2.33. The summed E-state index contributed by atoms with van der Waals surface area (Å²) in [7, 11) is 0. The monoisotopic (exact) mass is 466 g/mol. The van der Waals surface area contributed by atoms with Gasteiger partial charge in [0.15, 0.2) is 0 Å². The average Bonchev–Trinajstić information content (AvgIpc) is 3.08. The summed E-state index contributed by atoms with van der Waals surface area (Å²) in [5.74, 6) is -1.21. The number of rotatable bonds is 10. The van der Waals surface area contributed by atoms with Crippen molar-refractivity contribution in [3.8, 4) is 11.1 Å². The van der Waals surface area contributed by atoms with Crippen LogP contribution in [0.3, 0.4) is 0 Å². The molecule has 7 nitrogen and oxygen atoms in total. The first kappa shape index (κ1) is 25.3. The number of carboxylic acids is 1. The first-order chi connectivity index (χ1) is 16.1. The molecular formula is C27H34N2O5. The van der Waals surface area contributed by atoms with Crippen LogP contribution < -0.4 is 10.6 Å². The Morgan fingerprint density at radius 2 is 1.56 bits per heavy atom. The molecule has 0 unspecified atom stereocenters. The van der Waals surface area contributed by atoms with E-state index in [1.165, 1.54) is 0 Å². The predicted molar refractivity (Wildman–Crippen MR) is 130 cm³/mol. The Hall–Kier alpha value is -3.35. The molecule has 2 amide bonds. The maximum Gasteiger partial charge on any atom is 0.408 e. The van der Waals surface area contributed by atoms with Gasteiger partial charge in [-0.15, -0.1) is 0 Å². The summed E-state index contributed by atoms with van der Waals surface area (Å²) < 4.78 is 5.55. The first-order valence-electron chi connectivity index (χ1n) is 11.7. The van der Waals surface area contributed by atoms with Crippen LogP contribution in [-0.2, 0) is 14.3 Å². The molecule has 7 heteroatoms. The molecule has 2 aromatic rings. The van der Waals surface area contributed by atoms with E-state index in [4.69, 9.17) is 9.84 Å². The van der Waals surface area contributed by atoms with Crippen LogP contribution in [0.15, 0.2) is 48.5 Å². The average molecular weight is 467 g/mol. The zero-order valence-electron chi connectivity index (χ0n) is 20.3. The number of hydrogen-bond donors (Lipinski definition) is 3. The highest BCUT2D eigenvalue weighted by atomic mass is 16.5. The van der Waals surface area contributed by atoms with Crippen molar-refractivity contribution in [1.29, 1.82) is 0 Å². The molecule has 0 saturated carbocycles. The summed E-state index contributed by atoms with van der Waals surface area (Å²) in [5, 5.41) is 14.6. The van der Waals surface area contributed by atoms with Crippen molar-refractivity contribution in [1.82, 2.24) is 10.6 Å². The van der Waals surface area contributed by atoms with Crippen molar-refractivity contribution in [2.45, 2.75) is 52.0 Å². The summed E-state index contributed by atoms with van der Waals surface area (Å²) >= 11 is 0. The molecule has 0 spiro atoms. The van der Waals surface area contributed by atoms with Gasteiger partial charge < -0.3 is 20.5 Å². The molecular weight excluding hydrogens is 432 g/mol. The highest BCUT2D eigenvalue weighted by Crippen LogP contribution is 2.44. The van der Waals surface area contributed by atoms with Gasteiger partial charge in [0, 0.05) is 18.9 Å². The van der Waals surface area contributed by atoms with E-state index >= 15 is 0 Å². The third kappa shape index (κ3) is 6.16. The maximum atomic E-state index is 12.7. The second-order valence-corrected chi connectivity index (χ2v) is 9.88. The predicted octanol–water partition coefficient (Wildman–Crippen LogP) is 4.56. The lowest BCUT2D eigenvalue weighted by Gasteiger charge is -2.27. The van der Waals surface area contributed by atoms with Gasteiger partial charge in [-0.1, -0.05) is 62.4 Å². The molecule has 0 fully saturated rings. The van der Waals surface area contributed by atoms with Crippen molar-refractivity contribution < 1.29 is 24.2 Å². The topological polar surface area (TPSA) is 105 Å². The van der Waals surface area contributed by atoms with Gasteiger partial charge in [0.1, 0.15) is 12.1 Å². The molecule has 1 aliphatic carbocycles. The number of ether oxygens (including phenoxy) is 1. The van der Waals surface area contributed by atoms with E-state index in [1.54, 1.807) is 13.8 Å². The molecule has 3 rings (SSSR count). The molecule has 3 N–H and O–H groups in total. The van der Waals surface area contributed by atoms with Crippen LogP contribution in [-0.4, -0.2) is 41.8 Å². The van der Waals surface area contributed by atoms with Gasteiger partial charge in [0.2, 0.25) is 5.91 Å². The molecule has 0 radical (unpaired) electrons. The third-order valence-electron chi connectivity index (χ3n) is 6.15. The van der Waals surface area contributed by atoms with Gasteiger partial charge in [0.05, 0.1) is 0 Å². The highest BCUT2D eigenvalue weighted by molar-refractivity contribution is 5.89. The molecule has 2 aromatic carbocycles. The van der Waals surface area contributed by atoms with Gasteiger partial charge in [-0.2, -0.15) is 0 Å². The molecule has 1 aliphatic rings. The quantitative estimate of drug-likeness (QED) is 0.476. The fraction of sp³-hybridized carbons (Fsp3) is 0.444. The lowest BCUT2D eigenvalue weighted by molar-refractivity contribution is -0.138. The Balaban J connectivity index is 1.57. The Labute approximate surface area is 200 Å². The lowest BCUT2D eigenvalue weighted by Crippen LogP contribution is -2.55. The van der Waals surface area contributed by atoms with Crippen molar-refractivity contribution in [3.05, 3.63) is 59.7 Å². The van der Waals surface area contributed by atoms with Crippen molar-refractivity contribution in [2.24, 2.45) is 11.8 Å². The van der Waals surface area contributed by atoms with Crippen LogP contribution in [0.2, 0.25) is 0 Å². The normalized spacial score (nSPS) is 13.7. The van der Waals surface area contributed by atoms with Gasteiger partial charge in [-0.3, -0.25) is 9.59 Å². The maximum absolute atomic E-state index is 12.7. The molecule has 0 bridgehead atoms.